The summed E-state index contributed by atoms with van der Waals surface area (Å²) < 4.78 is 49.4. The van der Waals surface area contributed by atoms with Crippen LogP contribution in [0.1, 0.15) is 40.3 Å². The van der Waals surface area contributed by atoms with Gasteiger partial charge in [-0.2, -0.15) is 5.01 Å². The number of hydrazine groups is 1. The maximum Gasteiger partial charge on any atom is 0.478 e. The van der Waals surface area contributed by atoms with Gasteiger partial charge in [0.25, 0.3) is 0 Å². The van der Waals surface area contributed by atoms with Gasteiger partial charge in [0.1, 0.15) is 18.8 Å². The summed E-state index contributed by atoms with van der Waals surface area (Å²) in [6.07, 6.45) is -1.36. The fourth-order valence-electron chi connectivity index (χ4n) is 6.12. The van der Waals surface area contributed by atoms with E-state index in [2.05, 4.69) is 5.43 Å². The van der Waals surface area contributed by atoms with E-state index in [1.54, 1.807) is 25.1 Å². The minimum atomic E-state index is -4.17. The van der Waals surface area contributed by atoms with Gasteiger partial charge in [0, 0.05) is 13.0 Å². The molecule has 12 nitrogen and oxygen atoms in total. The molecule has 0 fully saturated rings. The number of hydrogen-bond donors (Lipinski definition) is 2. The van der Waals surface area contributed by atoms with Crippen LogP contribution < -0.4 is 14.9 Å². The van der Waals surface area contributed by atoms with Crippen LogP contribution in [0, 0.1) is 0 Å². The van der Waals surface area contributed by atoms with E-state index in [0.717, 1.165) is 27.8 Å². The summed E-state index contributed by atoms with van der Waals surface area (Å²) in [5.74, 6) is -0.130. The van der Waals surface area contributed by atoms with Crippen LogP contribution in [0.3, 0.4) is 0 Å². The van der Waals surface area contributed by atoms with Gasteiger partial charge in [0.2, 0.25) is 6.79 Å². The number of rotatable bonds is 22. The van der Waals surface area contributed by atoms with Crippen LogP contribution in [0.5, 0.6) is 11.5 Å². The molecular weight excluding hydrogens is 783 g/mol. The zero-order valence-electron chi connectivity index (χ0n) is 33.1. The quantitative estimate of drug-likeness (QED) is 0.0292. The number of nitrogens with one attached hydrogen (secondary N) is 1. The normalized spacial score (nSPS) is 12.3. The van der Waals surface area contributed by atoms with Crippen LogP contribution in [0.25, 0.3) is 0 Å². The van der Waals surface area contributed by atoms with E-state index in [-0.39, 0.29) is 50.9 Å². The van der Waals surface area contributed by atoms with Gasteiger partial charge >= 0.3 is 19.9 Å². The summed E-state index contributed by atoms with van der Waals surface area (Å²) in [6.45, 7) is 1.24. The van der Waals surface area contributed by atoms with Gasteiger partial charge in [-0.3, -0.25) is 14.5 Å². The summed E-state index contributed by atoms with van der Waals surface area (Å²) >= 11 is 0. The maximum absolute atomic E-state index is 14.2. The van der Waals surface area contributed by atoms with Gasteiger partial charge in [0.05, 0.1) is 13.2 Å². The van der Waals surface area contributed by atoms with Gasteiger partial charge in [-0.1, -0.05) is 158 Å². The molecule has 0 radical (unpaired) electrons. The lowest BCUT2D eigenvalue weighted by Gasteiger charge is -2.38. The van der Waals surface area contributed by atoms with Crippen LogP contribution in [0.2, 0.25) is 0 Å². The van der Waals surface area contributed by atoms with Crippen molar-refractivity contribution in [1.29, 1.82) is 0 Å². The smallest absolute Gasteiger partial charge is 0.478 e. The fourth-order valence-corrected chi connectivity index (χ4v) is 7.14. The molecule has 0 bridgehead atoms. The third kappa shape index (κ3) is 13.1. The zero-order chi connectivity index (χ0) is 42.0. The second-order valence-electron chi connectivity index (χ2n) is 13.9. The van der Waals surface area contributed by atoms with Crippen molar-refractivity contribution in [3.63, 3.8) is 0 Å². The third-order valence-electron chi connectivity index (χ3n) is 9.35. The molecule has 6 aromatic rings. The van der Waals surface area contributed by atoms with Gasteiger partial charge in [-0.25, -0.2) is 18.7 Å². The standard InChI is InChI=1S/C47H47N2O10P/c1-47(45(50)55-33-39-21-11-4-12-22-39,49(48-46(51)52)31-37-17-7-2-8-18-37)30-42-27-28-43(44(29-42)54-32-38-19-9-3-10-20-38)56-36-59-60(53,57-34-40-23-13-5-14-24-40)58-35-41-25-15-6-16-26-41/h2-29,48H,30-36H2,1H3,(H,51,52). The van der Waals surface area contributed by atoms with Gasteiger partial charge in [0.15, 0.2) is 11.5 Å². The van der Waals surface area contributed by atoms with E-state index in [0.29, 0.717) is 5.56 Å². The van der Waals surface area contributed by atoms with Crippen LogP contribution >= 0.6 is 7.82 Å². The lowest BCUT2D eigenvalue weighted by molar-refractivity contribution is -0.161. The molecule has 60 heavy (non-hydrogen) atoms. The molecule has 1 amide bonds. The van der Waals surface area contributed by atoms with E-state index < -0.39 is 32.2 Å². The second kappa shape index (κ2) is 21.7. The summed E-state index contributed by atoms with van der Waals surface area (Å²) in [6, 6.07) is 51.5. The summed E-state index contributed by atoms with van der Waals surface area (Å²) in [5, 5.41) is 11.3. The SMILES string of the molecule is CC(Cc1ccc(OCOP(=O)(OCc2ccccc2)OCc2ccccc2)c(OCc2ccccc2)c1)(C(=O)OCc1ccccc1)N(Cc1ccccc1)NC(=O)O. The van der Waals surface area contributed by atoms with Crippen LogP contribution in [-0.2, 0) is 67.1 Å². The fraction of sp³-hybridized carbons (Fsp3) is 0.191. The number of benzene rings is 6. The molecule has 13 heteroatoms. The summed E-state index contributed by atoms with van der Waals surface area (Å²) in [7, 11) is -4.17. The first-order chi connectivity index (χ1) is 29.2. The highest BCUT2D eigenvalue weighted by Crippen LogP contribution is 2.51. The molecule has 0 aromatic heterocycles. The van der Waals surface area contributed by atoms with Crippen molar-refractivity contribution in [2.45, 2.75) is 51.9 Å². The predicted molar refractivity (Wildman–Crippen MR) is 225 cm³/mol. The number of carbonyl (C=O) groups excluding carboxylic acids is 1. The molecule has 0 aliphatic rings. The Bertz CT molecular complexity index is 2240. The van der Waals surface area contributed by atoms with E-state index in [1.165, 1.54) is 5.01 Å². The highest BCUT2D eigenvalue weighted by molar-refractivity contribution is 7.48. The first-order valence-corrected chi connectivity index (χ1v) is 20.7. The molecule has 1 atom stereocenters. The van der Waals surface area contributed by atoms with Crippen molar-refractivity contribution in [1.82, 2.24) is 10.4 Å². The van der Waals surface area contributed by atoms with Gasteiger partial charge in [-0.05, 0) is 52.4 Å². The second-order valence-corrected chi connectivity index (χ2v) is 15.6. The summed E-state index contributed by atoms with van der Waals surface area (Å²) in [4.78, 5) is 26.4. The Labute approximate surface area is 349 Å². The predicted octanol–water partition coefficient (Wildman–Crippen LogP) is 9.89. The Morgan fingerprint density at radius 3 is 1.53 bits per heavy atom. The average Bonchev–Trinajstić information content (AvgIpc) is 3.28. The summed E-state index contributed by atoms with van der Waals surface area (Å²) in [5.41, 5.74) is 5.45. The number of amides is 1. The number of phosphoric acid groups is 1. The van der Waals surface area contributed by atoms with Crippen molar-refractivity contribution in [3.8, 4) is 11.5 Å². The molecule has 6 aromatic carbocycles. The molecule has 1 unspecified atom stereocenters. The number of phosphoric ester groups is 1. The van der Waals surface area contributed by atoms with Gasteiger partial charge < -0.3 is 19.3 Å². The number of ether oxygens (including phenoxy) is 3. The van der Waals surface area contributed by atoms with Crippen LogP contribution in [-0.4, -0.2) is 34.5 Å². The minimum Gasteiger partial charge on any atom is -0.485 e. The lowest BCUT2D eigenvalue weighted by atomic mass is 9.91. The number of nitrogens with zero attached hydrogens (tertiary/aromatic N) is 1. The van der Waals surface area contributed by atoms with Crippen molar-refractivity contribution < 1.29 is 47.0 Å². The third-order valence-corrected chi connectivity index (χ3v) is 10.7. The molecule has 0 saturated heterocycles. The topological polar surface area (TPSA) is 142 Å². The molecule has 0 spiro atoms. The Hall–Kier alpha value is -6.27. The van der Waals surface area contributed by atoms with Crippen molar-refractivity contribution in [2.24, 2.45) is 0 Å². The number of carboxylic acid groups (broad SMARTS) is 1. The lowest BCUT2D eigenvalue weighted by Crippen LogP contribution is -2.60. The molecule has 0 saturated carbocycles. The van der Waals surface area contributed by atoms with E-state index in [1.807, 2.05) is 152 Å². The average molecular weight is 831 g/mol. The largest absolute Gasteiger partial charge is 0.485 e. The van der Waals surface area contributed by atoms with Crippen LogP contribution in [0.15, 0.2) is 170 Å². The molecule has 0 heterocycles. The molecule has 2 N–H and O–H groups in total. The Balaban J connectivity index is 1.26. The Morgan fingerprint density at radius 2 is 1.03 bits per heavy atom. The monoisotopic (exact) mass is 830 g/mol. The highest BCUT2D eigenvalue weighted by Gasteiger charge is 2.43. The zero-order valence-corrected chi connectivity index (χ0v) is 34.0. The first-order valence-electron chi connectivity index (χ1n) is 19.2. The highest BCUT2D eigenvalue weighted by atomic mass is 31.2. The molecule has 0 aliphatic heterocycles. The Morgan fingerprint density at radius 1 is 0.567 bits per heavy atom. The van der Waals surface area contributed by atoms with Crippen molar-refractivity contribution >= 4 is 19.9 Å². The maximum atomic E-state index is 14.2. The molecule has 0 aliphatic carbocycles. The van der Waals surface area contributed by atoms with E-state index >= 15 is 0 Å². The van der Waals surface area contributed by atoms with Gasteiger partial charge in [-0.15, -0.1) is 0 Å². The number of esters is 1. The Kier molecular flexibility index (Phi) is 15.6. The molecular formula is C47H47N2O10P. The van der Waals surface area contributed by atoms with Crippen LogP contribution in [0.4, 0.5) is 4.79 Å². The molecule has 310 valence electrons. The minimum absolute atomic E-state index is 0.0118. The van der Waals surface area contributed by atoms with E-state index in [9.17, 15) is 19.3 Å². The molecule has 6 rings (SSSR count). The number of hydrogen-bond acceptors (Lipinski definition) is 10. The van der Waals surface area contributed by atoms with Crippen molar-refractivity contribution in [3.05, 3.63) is 203 Å². The van der Waals surface area contributed by atoms with E-state index in [4.69, 9.17) is 27.8 Å². The number of carbonyl (C=O) groups is 2. The van der Waals surface area contributed by atoms with Crippen molar-refractivity contribution in [2.75, 3.05) is 6.79 Å². The first kappa shape index (κ1) is 43.3.